The van der Waals surface area contributed by atoms with Gasteiger partial charge in [-0.2, -0.15) is 0 Å². The first-order chi connectivity index (χ1) is 21.2. The molecule has 3 aromatic heterocycles. The van der Waals surface area contributed by atoms with E-state index in [4.69, 9.17) is 19.4 Å². The fourth-order valence-corrected chi connectivity index (χ4v) is 6.92. The molecule has 0 bridgehead atoms. The predicted octanol–water partition coefficient (Wildman–Crippen LogP) is 4.07. The molecule has 44 heavy (non-hydrogen) atoms. The Balaban J connectivity index is 1.11. The number of halogens is 2. The van der Waals surface area contributed by atoms with Crippen LogP contribution in [0.15, 0.2) is 53.7 Å². The van der Waals surface area contributed by atoms with E-state index in [9.17, 15) is 22.0 Å². The van der Waals surface area contributed by atoms with E-state index in [-0.39, 0.29) is 18.7 Å². The minimum absolute atomic E-state index is 0.0476. The summed E-state index contributed by atoms with van der Waals surface area (Å²) in [5.74, 6) is -0.339. The third-order valence-electron chi connectivity index (χ3n) is 8.13. The van der Waals surface area contributed by atoms with Gasteiger partial charge < -0.3 is 24.6 Å². The van der Waals surface area contributed by atoms with Crippen molar-refractivity contribution in [3.63, 3.8) is 0 Å². The number of pyridine rings is 3. The first-order valence-corrected chi connectivity index (χ1v) is 15.8. The second-order valence-corrected chi connectivity index (χ2v) is 13.0. The summed E-state index contributed by atoms with van der Waals surface area (Å²) in [6.45, 7) is 3.87. The summed E-state index contributed by atoms with van der Waals surface area (Å²) in [4.78, 5) is 30.4. The zero-order valence-electron chi connectivity index (χ0n) is 23.7. The molecule has 1 N–H and O–H groups in total. The van der Waals surface area contributed by atoms with E-state index >= 15 is 0 Å². The average molecular weight is 623 g/mol. The van der Waals surface area contributed by atoms with Gasteiger partial charge in [-0.15, -0.1) is 0 Å². The number of ether oxygens (including phenoxy) is 2. The van der Waals surface area contributed by atoms with Crippen molar-refractivity contribution in [2.45, 2.75) is 42.8 Å². The molecule has 11 nitrogen and oxygen atoms in total. The standard InChI is InChI=1S/C30H28F2N6O5S/c1-17-4-6-37(17)21-13-24-29(34-16-21)38(7-9-42-24)27-3-2-18-14-33-20(12-23(18)36-27)15-35-30(39)19-10-22(31)28-25(11-19)44(40,41)26(32)5-8-43-28/h2-3,10-14,16-17,26H,4-9,15H2,1H3,(H,35,39)/t17-,26-/m1/s1. The van der Waals surface area contributed by atoms with Gasteiger partial charge in [0.15, 0.2) is 23.1 Å². The number of nitrogens with one attached hydrogen (secondary N) is 1. The second-order valence-electron chi connectivity index (χ2n) is 10.9. The number of benzene rings is 1. The first-order valence-electron chi connectivity index (χ1n) is 14.2. The van der Waals surface area contributed by atoms with E-state index in [1.54, 1.807) is 12.3 Å². The van der Waals surface area contributed by atoms with E-state index in [0.29, 0.717) is 47.8 Å². The summed E-state index contributed by atoms with van der Waals surface area (Å²) in [6.07, 6.45) is 4.21. The molecule has 0 aliphatic carbocycles. The van der Waals surface area contributed by atoms with Crippen LogP contribution in [0.3, 0.4) is 0 Å². The molecule has 1 fully saturated rings. The number of anilines is 3. The van der Waals surface area contributed by atoms with E-state index in [0.717, 1.165) is 36.2 Å². The van der Waals surface area contributed by atoms with Crippen LogP contribution in [0, 0.1) is 5.82 Å². The van der Waals surface area contributed by atoms with Gasteiger partial charge in [0.05, 0.1) is 42.8 Å². The fraction of sp³-hybridized carbons (Fsp3) is 0.333. The molecule has 228 valence electrons. The van der Waals surface area contributed by atoms with Crippen LogP contribution in [0.1, 0.15) is 35.8 Å². The number of carbonyl (C=O) groups excluding carboxylic acids is 1. The van der Waals surface area contributed by atoms with Crippen LogP contribution in [0.5, 0.6) is 11.5 Å². The van der Waals surface area contributed by atoms with Crippen molar-refractivity contribution in [1.82, 2.24) is 20.3 Å². The maximum absolute atomic E-state index is 14.7. The Labute approximate surface area is 251 Å². The van der Waals surface area contributed by atoms with E-state index in [1.807, 2.05) is 29.3 Å². The largest absolute Gasteiger partial charge is 0.489 e. The molecule has 0 saturated carbocycles. The number of sulfone groups is 1. The van der Waals surface area contributed by atoms with Crippen LogP contribution in [-0.2, 0) is 16.4 Å². The third-order valence-corrected chi connectivity index (χ3v) is 9.95. The summed E-state index contributed by atoms with van der Waals surface area (Å²) in [7, 11) is -4.52. The lowest BCUT2D eigenvalue weighted by atomic mass is 10.0. The Hall–Kier alpha value is -4.59. The van der Waals surface area contributed by atoms with Gasteiger partial charge in [-0.25, -0.2) is 27.2 Å². The summed E-state index contributed by atoms with van der Waals surface area (Å²) in [5.41, 5.74) is -0.403. The molecule has 0 spiro atoms. The molecule has 3 aliphatic rings. The summed E-state index contributed by atoms with van der Waals surface area (Å²) in [6, 6.07) is 9.81. The fourth-order valence-electron chi connectivity index (χ4n) is 5.53. The molecule has 6 heterocycles. The number of hydrogen-bond acceptors (Lipinski definition) is 10. The SMILES string of the molecule is C[C@@H]1CCN1c1cnc2c(c1)OCCN2c1ccc2cnc(CNC(=O)c3cc(F)c4c(c3)S(=O)(=O)[C@@H](F)CCO4)cc2n1. The maximum atomic E-state index is 14.7. The highest BCUT2D eigenvalue weighted by atomic mass is 32.2. The number of rotatable bonds is 5. The molecule has 1 saturated heterocycles. The molecule has 4 aromatic rings. The normalized spacial score (nSPS) is 20.4. The summed E-state index contributed by atoms with van der Waals surface area (Å²) < 4.78 is 65.1. The monoisotopic (exact) mass is 622 g/mol. The highest BCUT2D eigenvalue weighted by Crippen LogP contribution is 2.39. The van der Waals surface area contributed by atoms with Gasteiger partial charge in [-0.05, 0) is 43.7 Å². The number of aromatic nitrogens is 3. The van der Waals surface area contributed by atoms with E-state index in [1.165, 1.54) is 0 Å². The van der Waals surface area contributed by atoms with Crippen LogP contribution in [0.2, 0.25) is 0 Å². The molecule has 3 aliphatic heterocycles. The number of alkyl halides is 1. The van der Waals surface area contributed by atoms with Gasteiger partial charge in [0, 0.05) is 42.2 Å². The molecular weight excluding hydrogens is 594 g/mol. The van der Waals surface area contributed by atoms with Gasteiger partial charge in [-0.3, -0.25) is 9.78 Å². The Kier molecular flexibility index (Phi) is 6.95. The third kappa shape index (κ3) is 4.92. The molecule has 7 rings (SSSR count). The van der Waals surface area contributed by atoms with E-state index in [2.05, 4.69) is 22.1 Å². The molecule has 2 atom stereocenters. The van der Waals surface area contributed by atoms with Crippen molar-refractivity contribution >= 4 is 44.0 Å². The first kappa shape index (κ1) is 28.2. The van der Waals surface area contributed by atoms with Gasteiger partial charge >= 0.3 is 0 Å². The zero-order chi connectivity index (χ0) is 30.6. The van der Waals surface area contributed by atoms with E-state index < -0.39 is 44.1 Å². The van der Waals surface area contributed by atoms with Gasteiger partial charge in [0.2, 0.25) is 15.3 Å². The van der Waals surface area contributed by atoms with Crippen molar-refractivity contribution < 1.29 is 31.5 Å². The van der Waals surface area contributed by atoms with Crippen molar-refractivity contribution in [2.24, 2.45) is 0 Å². The summed E-state index contributed by atoms with van der Waals surface area (Å²) in [5, 5.41) is 3.40. The van der Waals surface area contributed by atoms with Crippen molar-refractivity contribution in [2.75, 3.05) is 36.1 Å². The molecule has 1 aromatic carbocycles. The van der Waals surface area contributed by atoms with Crippen molar-refractivity contribution in [1.29, 1.82) is 0 Å². The minimum Gasteiger partial charge on any atom is -0.489 e. The number of hydrogen-bond donors (Lipinski definition) is 1. The molecule has 0 unspecified atom stereocenters. The Morgan fingerprint density at radius 3 is 2.73 bits per heavy atom. The smallest absolute Gasteiger partial charge is 0.251 e. The minimum atomic E-state index is -4.52. The predicted molar refractivity (Wildman–Crippen MR) is 157 cm³/mol. The Bertz CT molecular complexity index is 1910. The summed E-state index contributed by atoms with van der Waals surface area (Å²) >= 11 is 0. The Morgan fingerprint density at radius 1 is 1.07 bits per heavy atom. The van der Waals surface area contributed by atoms with Gasteiger partial charge in [0.1, 0.15) is 17.3 Å². The Morgan fingerprint density at radius 2 is 1.93 bits per heavy atom. The lowest BCUT2D eigenvalue weighted by Gasteiger charge is -2.41. The van der Waals surface area contributed by atoms with Crippen LogP contribution >= 0.6 is 0 Å². The van der Waals surface area contributed by atoms with Gasteiger partial charge in [0.25, 0.3) is 5.91 Å². The van der Waals surface area contributed by atoms with Crippen LogP contribution in [0.25, 0.3) is 10.9 Å². The van der Waals surface area contributed by atoms with Crippen LogP contribution in [0.4, 0.5) is 26.1 Å². The maximum Gasteiger partial charge on any atom is 0.251 e. The number of amides is 1. The van der Waals surface area contributed by atoms with Gasteiger partial charge in [-0.1, -0.05) is 0 Å². The molecule has 14 heteroatoms. The lowest BCUT2D eigenvalue weighted by Crippen LogP contribution is -2.45. The molecule has 0 radical (unpaired) electrons. The van der Waals surface area contributed by atoms with Crippen LogP contribution in [-0.4, -0.2) is 67.1 Å². The number of carbonyl (C=O) groups is 1. The highest BCUT2D eigenvalue weighted by Gasteiger charge is 2.36. The lowest BCUT2D eigenvalue weighted by molar-refractivity contribution is 0.0949. The number of nitrogens with zero attached hydrogens (tertiary/aromatic N) is 5. The highest BCUT2D eigenvalue weighted by molar-refractivity contribution is 7.92. The topological polar surface area (TPSA) is 127 Å². The number of fused-ring (bicyclic) bond motifs is 3. The quantitative estimate of drug-likeness (QED) is 0.348. The van der Waals surface area contributed by atoms with Crippen molar-refractivity contribution in [3.8, 4) is 11.5 Å². The molecular formula is C30H28F2N6O5S. The average Bonchev–Trinajstić information content (AvgIpc) is 3.13. The second kappa shape index (κ2) is 10.8. The molecule has 1 amide bonds. The van der Waals surface area contributed by atoms with Crippen molar-refractivity contribution in [3.05, 3.63) is 65.9 Å². The zero-order valence-corrected chi connectivity index (χ0v) is 24.5. The van der Waals surface area contributed by atoms with Crippen LogP contribution < -0.4 is 24.6 Å².